The van der Waals surface area contributed by atoms with Crippen molar-refractivity contribution in [2.75, 3.05) is 25.0 Å². The summed E-state index contributed by atoms with van der Waals surface area (Å²) in [6.07, 6.45) is 0.968. The number of ether oxygens (including phenoxy) is 1. The third-order valence-electron chi connectivity index (χ3n) is 4.85. The van der Waals surface area contributed by atoms with Gasteiger partial charge in [0.1, 0.15) is 5.75 Å². The SMILES string of the molecule is CCOC(=O)CCCNc1c(Cl)cc(CCN[C@@H](C)[C@H](O)c2ccc(O)cc2)cc1Cl. The van der Waals surface area contributed by atoms with Crippen molar-refractivity contribution in [1.29, 1.82) is 0 Å². The Morgan fingerprint density at radius 2 is 1.77 bits per heavy atom. The average Bonchev–Trinajstić information content (AvgIpc) is 2.72. The lowest BCUT2D eigenvalue weighted by molar-refractivity contribution is -0.143. The predicted octanol–water partition coefficient (Wildman–Crippen LogP) is 4.71. The molecule has 170 valence electrons. The Bertz CT molecular complexity index is 823. The van der Waals surface area contributed by atoms with Crippen LogP contribution >= 0.6 is 23.2 Å². The molecule has 2 aromatic rings. The number of carbonyl (C=O) groups is 1. The van der Waals surface area contributed by atoms with Crippen molar-refractivity contribution in [2.45, 2.75) is 45.3 Å². The number of phenols is 1. The van der Waals surface area contributed by atoms with E-state index < -0.39 is 6.10 Å². The minimum Gasteiger partial charge on any atom is -0.508 e. The summed E-state index contributed by atoms with van der Waals surface area (Å²) in [5.41, 5.74) is 2.37. The van der Waals surface area contributed by atoms with Crippen LogP contribution in [0.5, 0.6) is 5.75 Å². The van der Waals surface area contributed by atoms with Gasteiger partial charge in [-0.05, 0) is 68.6 Å². The Balaban J connectivity index is 1.82. The van der Waals surface area contributed by atoms with Crippen molar-refractivity contribution < 1.29 is 19.7 Å². The molecule has 0 heterocycles. The number of nitrogens with one attached hydrogen (secondary N) is 2. The summed E-state index contributed by atoms with van der Waals surface area (Å²) in [5, 5.41) is 27.3. The molecule has 4 N–H and O–H groups in total. The molecule has 0 bridgehead atoms. The first-order chi connectivity index (χ1) is 14.8. The van der Waals surface area contributed by atoms with Crippen LogP contribution in [0, 0.1) is 0 Å². The standard InChI is InChI=1S/C23H30Cl2N2O4/c1-3-31-21(29)5-4-11-27-22-19(24)13-16(14-20(22)25)10-12-26-15(2)23(30)17-6-8-18(28)9-7-17/h6-9,13-15,23,26-28,30H,3-5,10-12H2,1-2H3/t15-,23-/m0/s1. The van der Waals surface area contributed by atoms with Crippen molar-refractivity contribution in [3.8, 4) is 5.75 Å². The van der Waals surface area contributed by atoms with Gasteiger partial charge in [-0.2, -0.15) is 0 Å². The molecule has 0 aromatic heterocycles. The Morgan fingerprint density at radius 1 is 1.13 bits per heavy atom. The largest absolute Gasteiger partial charge is 0.508 e. The Morgan fingerprint density at radius 3 is 2.39 bits per heavy atom. The number of aliphatic hydroxyl groups excluding tert-OH is 1. The second-order valence-corrected chi connectivity index (χ2v) is 8.11. The molecule has 0 aliphatic heterocycles. The van der Waals surface area contributed by atoms with Gasteiger partial charge in [-0.1, -0.05) is 35.3 Å². The van der Waals surface area contributed by atoms with Crippen LogP contribution in [0.1, 0.15) is 43.9 Å². The van der Waals surface area contributed by atoms with Gasteiger partial charge in [-0.15, -0.1) is 0 Å². The minimum atomic E-state index is -0.686. The number of rotatable bonds is 12. The van der Waals surface area contributed by atoms with Crippen molar-refractivity contribution in [1.82, 2.24) is 5.32 Å². The molecule has 0 spiro atoms. The fraction of sp³-hybridized carbons (Fsp3) is 0.435. The summed E-state index contributed by atoms with van der Waals surface area (Å²) in [5.74, 6) is -0.0450. The van der Waals surface area contributed by atoms with Gasteiger partial charge in [0.05, 0.1) is 28.4 Å². The lowest BCUT2D eigenvalue weighted by Crippen LogP contribution is -2.33. The third kappa shape index (κ3) is 8.22. The number of benzene rings is 2. The maximum Gasteiger partial charge on any atom is 0.305 e. The summed E-state index contributed by atoms with van der Waals surface area (Å²) in [6.45, 7) is 5.27. The molecule has 2 rings (SSSR count). The van der Waals surface area contributed by atoms with Crippen LogP contribution in [0.3, 0.4) is 0 Å². The Hall–Kier alpha value is -1.99. The van der Waals surface area contributed by atoms with Crippen LogP contribution in [0.2, 0.25) is 10.0 Å². The van der Waals surface area contributed by atoms with E-state index in [1.165, 1.54) is 0 Å². The molecule has 0 aliphatic carbocycles. The molecule has 31 heavy (non-hydrogen) atoms. The van der Waals surface area contributed by atoms with Gasteiger partial charge in [-0.3, -0.25) is 4.79 Å². The highest BCUT2D eigenvalue weighted by molar-refractivity contribution is 6.39. The number of phenolic OH excluding ortho intramolecular Hbond substituents is 1. The highest BCUT2D eigenvalue weighted by atomic mass is 35.5. The average molecular weight is 469 g/mol. The van der Waals surface area contributed by atoms with Gasteiger partial charge >= 0.3 is 5.97 Å². The monoisotopic (exact) mass is 468 g/mol. The number of aromatic hydroxyl groups is 1. The van der Waals surface area contributed by atoms with E-state index in [9.17, 15) is 15.0 Å². The lowest BCUT2D eigenvalue weighted by Gasteiger charge is -2.21. The van der Waals surface area contributed by atoms with Crippen LogP contribution in [0.4, 0.5) is 5.69 Å². The van der Waals surface area contributed by atoms with Crippen LogP contribution < -0.4 is 10.6 Å². The summed E-state index contributed by atoms with van der Waals surface area (Å²) in [7, 11) is 0. The molecule has 0 radical (unpaired) electrons. The fourth-order valence-electron chi connectivity index (χ4n) is 3.13. The molecular weight excluding hydrogens is 439 g/mol. The number of carbonyl (C=O) groups excluding carboxylic acids is 1. The molecular formula is C23H30Cl2N2O4. The zero-order valence-electron chi connectivity index (χ0n) is 17.8. The fourth-order valence-corrected chi connectivity index (χ4v) is 3.80. The first-order valence-electron chi connectivity index (χ1n) is 10.4. The quantitative estimate of drug-likeness (QED) is 0.266. The molecule has 2 aromatic carbocycles. The number of hydrogen-bond acceptors (Lipinski definition) is 6. The third-order valence-corrected chi connectivity index (χ3v) is 5.45. The zero-order valence-corrected chi connectivity index (χ0v) is 19.3. The maximum absolute atomic E-state index is 11.4. The zero-order chi connectivity index (χ0) is 22.8. The molecule has 0 unspecified atom stereocenters. The first kappa shape index (κ1) is 25.3. The van der Waals surface area contributed by atoms with E-state index in [0.717, 1.165) is 11.1 Å². The van der Waals surface area contributed by atoms with Crippen molar-refractivity contribution in [2.24, 2.45) is 0 Å². The van der Waals surface area contributed by atoms with Crippen LogP contribution in [0.15, 0.2) is 36.4 Å². The summed E-state index contributed by atoms with van der Waals surface area (Å²) >= 11 is 12.8. The Kier molecular flexibility index (Phi) is 10.4. The number of halogens is 2. The van der Waals surface area contributed by atoms with Gasteiger partial charge in [-0.25, -0.2) is 0 Å². The molecule has 0 aliphatic rings. The van der Waals surface area contributed by atoms with E-state index in [1.54, 1.807) is 31.2 Å². The predicted molar refractivity (Wildman–Crippen MR) is 125 cm³/mol. The number of anilines is 1. The molecule has 2 atom stereocenters. The highest BCUT2D eigenvalue weighted by Gasteiger charge is 2.16. The molecule has 0 amide bonds. The summed E-state index contributed by atoms with van der Waals surface area (Å²) in [6, 6.07) is 10.1. The minimum absolute atomic E-state index is 0.169. The van der Waals surface area contributed by atoms with E-state index in [-0.39, 0.29) is 17.8 Å². The van der Waals surface area contributed by atoms with Crippen molar-refractivity contribution in [3.63, 3.8) is 0 Å². The van der Waals surface area contributed by atoms with Crippen LogP contribution in [-0.4, -0.2) is 41.9 Å². The maximum atomic E-state index is 11.4. The number of esters is 1. The second kappa shape index (κ2) is 12.8. The first-order valence-corrected chi connectivity index (χ1v) is 11.1. The van der Waals surface area contributed by atoms with Gasteiger partial charge in [0.15, 0.2) is 0 Å². The summed E-state index contributed by atoms with van der Waals surface area (Å²) in [4.78, 5) is 11.4. The van der Waals surface area contributed by atoms with Gasteiger partial charge < -0.3 is 25.6 Å². The van der Waals surface area contributed by atoms with E-state index >= 15 is 0 Å². The number of hydrogen-bond donors (Lipinski definition) is 4. The van der Waals surface area contributed by atoms with Gasteiger partial charge in [0, 0.05) is 19.0 Å². The molecule has 8 heteroatoms. The van der Waals surface area contributed by atoms with E-state index in [0.29, 0.717) is 54.7 Å². The van der Waals surface area contributed by atoms with E-state index in [2.05, 4.69) is 10.6 Å². The summed E-state index contributed by atoms with van der Waals surface area (Å²) < 4.78 is 4.91. The molecule has 6 nitrogen and oxygen atoms in total. The lowest BCUT2D eigenvalue weighted by atomic mass is 10.0. The van der Waals surface area contributed by atoms with Crippen molar-refractivity contribution >= 4 is 34.9 Å². The highest BCUT2D eigenvalue weighted by Crippen LogP contribution is 2.32. The molecule has 0 saturated carbocycles. The van der Waals surface area contributed by atoms with Crippen LogP contribution in [-0.2, 0) is 16.0 Å². The van der Waals surface area contributed by atoms with E-state index in [1.807, 2.05) is 19.1 Å². The molecule has 0 saturated heterocycles. The van der Waals surface area contributed by atoms with Gasteiger partial charge in [0.25, 0.3) is 0 Å². The second-order valence-electron chi connectivity index (χ2n) is 7.30. The molecule has 0 fully saturated rings. The smallest absolute Gasteiger partial charge is 0.305 e. The normalized spacial score (nSPS) is 12.9. The topological polar surface area (TPSA) is 90.8 Å². The van der Waals surface area contributed by atoms with Crippen LogP contribution in [0.25, 0.3) is 0 Å². The van der Waals surface area contributed by atoms with Gasteiger partial charge in [0.2, 0.25) is 0 Å². The Labute approximate surface area is 193 Å². The van der Waals surface area contributed by atoms with E-state index in [4.69, 9.17) is 27.9 Å². The van der Waals surface area contributed by atoms with Crippen molar-refractivity contribution in [3.05, 3.63) is 57.6 Å². The number of aliphatic hydroxyl groups is 1.